The van der Waals surface area contributed by atoms with Crippen LogP contribution in [0.15, 0.2) is 54.1 Å². The number of nitrogens with one attached hydrogen (secondary N) is 1. The summed E-state index contributed by atoms with van der Waals surface area (Å²) < 4.78 is 0. The lowest BCUT2D eigenvalue weighted by Crippen LogP contribution is -2.22. The first-order valence-electron chi connectivity index (χ1n) is 8.21. The lowest BCUT2D eigenvalue weighted by atomic mass is 9.97. The third-order valence-electron chi connectivity index (χ3n) is 3.82. The molecule has 0 spiro atoms. The van der Waals surface area contributed by atoms with Crippen molar-refractivity contribution in [2.24, 2.45) is 5.92 Å². The van der Waals surface area contributed by atoms with Crippen LogP contribution >= 0.6 is 0 Å². The van der Waals surface area contributed by atoms with Gasteiger partial charge >= 0.3 is 0 Å². The van der Waals surface area contributed by atoms with Gasteiger partial charge in [0.2, 0.25) is 0 Å². The van der Waals surface area contributed by atoms with E-state index in [1.54, 1.807) is 16.3 Å². The zero-order chi connectivity index (χ0) is 15.5. The standard InChI is InChI=1S/C15H19Si.C4H11N/c1-3-12(2)14-10-7-11-15(14)16-13-8-5-4-6-9-13;1-3-5-4-2/h4-12H,3,16H2,1-2H3;5H,3-4H2,1-2H3. The van der Waals surface area contributed by atoms with Gasteiger partial charge in [-0.15, -0.1) is 0 Å². The molecule has 1 aromatic carbocycles. The zero-order valence-electron chi connectivity index (χ0n) is 14.0. The summed E-state index contributed by atoms with van der Waals surface area (Å²) in [5, 5.41) is 4.65. The van der Waals surface area contributed by atoms with E-state index in [2.05, 4.69) is 81.6 Å². The molecule has 1 radical (unpaired) electrons. The molecule has 1 nitrogen and oxygen atoms in total. The van der Waals surface area contributed by atoms with Gasteiger partial charge in [0.25, 0.3) is 0 Å². The molecule has 0 aliphatic heterocycles. The quantitative estimate of drug-likeness (QED) is 0.796. The molecule has 0 saturated carbocycles. The van der Waals surface area contributed by atoms with Gasteiger partial charge in [0.15, 0.2) is 0 Å². The van der Waals surface area contributed by atoms with Crippen LogP contribution in [0.5, 0.6) is 0 Å². The molecular formula is C19H30NSi. The Bertz CT molecular complexity index is 434. The second-order valence-corrected chi connectivity index (χ2v) is 7.37. The first-order chi connectivity index (χ1) is 10.2. The molecule has 1 aromatic rings. The summed E-state index contributed by atoms with van der Waals surface area (Å²) in [4.78, 5) is 0. The second-order valence-electron chi connectivity index (χ2n) is 5.44. The summed E-state index contributed by atoms with van der Waals surface area (Å²) in [5.74, 6) is 0.709. The molecule has 1 atom stereocenters. The van der Waals surface area contributed by atoms with Crippen molar-refractivity contribution in [2.45, 2.75) is 34.1 Å². The Hall–Kier alpha value is -1.12. The Morgan fingerprint density at radius 1 is 1.05 bits per heavy atom. The fourth-order valence-electron chi connectivity index (χ4n) is 2.40. The van der Waals surface area contributed by atoms with Gasteiger partial charge in [0.05, 0.1) is 9.52 Å². The van der Waals surface area contributed by atoms with E-state index in [4.69, 9.17) is 0 Å². The minimum Gasteiger partial charge on any atom is -0.317 e. The van der Waals surface area contributed by atoms with Crippen LogP contribution in [0.1, 0.15) is 34.1 Å². The highest BCUT2D eigenvalue weighted by atomic mass is 28.2. The molecule has 0 saturated heterocycles. The highest BCUT2D eigenvalue weighted by Gasteiger charge is 2.20. The summed E-state index contributed by atoms with van der Waals surface area (Å²) in [7, 11) is -0.273. The minimum atomic E-state index is -0.273. The van der Waals surface area contributed by atoms with Gasteiger partial charge in [-0.05, 0) is 25.4 Å². The molecule has 1 aliphatic carbocycles. The van der Waals surface area contributed by atoms with Gasteiger partial charge < -0.3 is 5.32 Å². The highest BCUT2D eigenvalue weighted by molar-refractivity contribution is 6.61. The van der Waals surface area contributed by atoms with Crippen LogP contribution in [-0.2, 0) is 0 Å². The van der Waals surface area contributed by atoms with Gasteiger partial charge in [0.1, 0.15) is 0 Å². The van der Waals surface area contributed by atoms with E-state index in [0.29, 0.717) is 5.92 Å². The Morgan fingerprint density at radius 2 is 1.71 bits per heavy atom. The fourth-order valence-corrected chi connectivity index (χ4v) is 4.27. The summed E-state index contributed by atoms with van der Waals surface area (Å²) in [6, 6.07) is 10.9. The molecule has 2 heteroatoms. The average molecular weight is 301 g/mol. The van der Waals surface area contributed by atoms with Crippen LogP contribution in [-0.4, -0.2) is 22.6 Å². The Kier molecular flexibility index (Phi) is 9.03. The van der Waals surface area contributed by atoms with Gasteiger partial charge in [-0.25, -0.2) is 0 Å². The normalized spacial score (nSPS) is 15.9. The topological polar surface area (TPSA) is 12.0 Å². The van der Waals surface area contributed by atoms with Crippen molar-refractivity contribution in [2.75, 3.05) is 13.1 Å². The molecule has 0 amide bonds. The number of hydrogen-bond donors (Lipinski definition) is 1. The van der Waals surface area contributed by atoms with E-state index in [1.807, 2.05) is 0 Å². The molecule has 21 heavy (non-hydrogen) atoms. The molecule has 0 heterocycles. The molecule has 1 aliphatic rings. The van der Waals surface area contributed by atoms with E-state index in [1.165, 1.54) is 6.42 Å². The van der Waals surface area contributed by atoms with Gasteiger partial charge in [-0.3, -0.25) is 0 Å². The predicted molar refractivity (Wildman–Crippen MR) is 98.8 cm³/mol. The maximum absolute atomic E-state index is 3.11. The SMILES string of the molecule is CCC(C)C1=CC=C[C]1[SiH2]c1ccccc1.CCNCC. The summed E-state index contributed by atoms with van der Waals surface area (Å²) in [5.41, 5.74) is 3.21. The largest absolute Gasteiger partial charge is 0.317 e. The Labute approximate surface area is 133 Å². The number of benzene rings is 1. The second kappa shape index (κ2) is 10.6. The molecule has 1 unspecified atom stereocenters. The van der Waals surface area contributed by atoms with Crippen LogP contribution < -0.4 is 10.5 Å². The van der Waals surface area contributed by atoms with Gasteiger partial charge in [-0.1, -0.05) is 87.0 Å². The Balaban J connectivity index is 0.000000383. The molecule has 1 N–H and O–H groups in total. The smallest absolute Gasteiger partial charge is 0.0717 e. The Morgan fingerprint density at radius 3 is 2.24 bits per heavy atom. The summed E-state index contributed by atoms with van der Waals surface area (Å²) in [6.45, 7) is 11.0. The van der Waals surface area contributed by atoms with Gasteiger partial charge in [-0.2, -0.15) is 0 Å². The fraction of sp³-hybridized carbons (Fsp3) is 0.421. The van der Waals surface area contributed by atoms with Gasteiger partial charge in [0, 0.05) is 5.54 Å². The van der Waals surface area contributed by atoms with Crippen molar-refractivity contribution in [1.82, 2.24) is 5.32 Å². The van der Waals surface area contributed by atoms with Crippen molar-refractivity contribution in [3.8, 4) is 0 Å². The molecular weight excluding hydrogens is 270 g/mol. The molecule has 0 bridgehead atoms. The maximum atomic E-state index is 3.11. The van der Waals surface area contributed by atoms with Crippen molar-refractivity contribution in [3.05, 3.63) is 59.7 Å². The van der Waals surface area contributed by atoms with Crippen molar-refractivity contribution in [3.63, 3.8) is 0 Å². The van der Waals surface area contributed by atoms with Crippen LogP contribution in [0, 0.1) is 11.5 Å². The number of rotatable bonds is 6. The third kappa shape index (κ3) is 6.45. The molecule has 115 valence electrons. The third-order valence-corrected chi connectivity index (χ3v) is 5.73. The first-order valence-corrected chi connectivity index (χ1v) is 9.63. The molecule has 0 aromatic heterocycles. The average Bonchev–Trinajstić information content (AvgIpc) is 2.97. The molecule has 0 fully saturated rings. The van der Waals surface area contributed by atoms with Crippen LogP contribution in [0.25, 0.3) is 0 Å². The summed E-state index contributed by atoms with van der Waals surface area (Å²) in [6.07, 6.45) is 8.08. The molecule has 2 rings (SSSR count). The predicted octanol–water partition coefficient (Wildman–Crippen LogP) is 3.17. The minimum absolute atomic E-state index is 0.273. The van der Waals surface area contributed by atoms with Crippen LogP contribution in [0.4, 0.5) is 0 Å². The van der Waals surface area contributed by atoms with Crippen molar-refractivity contribution in [1.29, 1.82) is 0 Å². The van der Waals surface area contributed by atoms with E-state index in [-0.39, 0.29) is 9.52 Å². The van der Waals surface area contributed by atoms with Crippen LogP contribution in [0.2, 0.25) is 0 Å². The highest BCUT2D eigenvalue weighted by Crippen LogP contribution is 2.28. The van der Waals surface area contributed by atoms with Crippen molar-refractivity contribution < 1.29 is 0 Å². The lowest BCUT2D eigenvalue weighted by Gasteiger charge is -2.18. The zero-order valence-corrected chi connectivity index (χ0v) is 15.4. The number of allylic oxidation sites excluding steroid dienone is 4. The maximum Gasteiger partial charge on any atom is 0.0717 e. The lowest BCUT2D eigenvalue weighted by molar-refractivity contribution is 0.662. The summed E-state index contributed by atoms with van der Waals surface area (Å²) >= 11 is 0. The van der Waals surface area contributed by atoms with Crippen molar-refractivity contribution >= 4 is 14.7 Å². The van der Waals surface area contributed by atoms with E-state index < -0.39 is 0 Å². The van der Waals surface area contributed by atoms with E-state index in [9.17, 15) is 0 Å². The monoisotopic (exact) mass is 300 g/mol. The van der Waals surface area contributed by atoms with E-state index in [0.717, 1.165) is 13.1 Å². The number of hydrogen-bond acceptors (Lipinski definition) is 1. The van der Waals surface area contributed by atoms with E-state index >= 15 is 0 Å². The first kappa shape index (κ1) is 17.9. The van der Waals surface area contributed by atoms with Crippen LogP contribution in [0.3, 0.4) is 0 Å².